The van der Waals surface area contributed by atoms with E-state index in [0.29, 0.717) is 18.1 Å². The van der Waals surface area contributed by atoms with E-state index >= 15 is 0 Å². The molecular weight excluding hydrogens is 326 g/mol. The quantitative estimate of drug-likeness (QED) is 0.918. The molecule has 1 fully saturated rings. The lowest BCUT2D eigenvalue weighted by Gasteiger charge is -2.32. The zero-order chi connectivity index (χ0) is 17.9. The number of nitrogens with zero attached hydrogens (tertiary/aromatic N) is 2. The predicted octanol–water partition coefficient (Wildman–Crippen LogP) is 3.57. The summed E-state index contributed by atoms with van der Waals surface area (Å²) < 4.78 is 5.68. The van der Waals surface area contributed by atoms with Gasteiger partial charge in [-0.15, -0.1) is 0 Å². The van der Waals surface area contributed by atoms with Gasteiger partial charge in [0.05, 0.1) is 12.6 Å². The Morgan fingerprint density at radius 3 is 3.04 bits per heavy atom. The fourth-order valence-corrected chi connectivity index (χ4v) is 3.86. The zero-order valence-electron chi connectivity index (χ0n) is 15.1. The molecule has 0 aliphatic carbocycles. The minimum atomic E-state index is -0.0552. The first-order valence-corrected chi connectivity index (χ1v) is 9.44. The highest BCUT2D eigenvalue weighted by Gasteiger charge is 2.24. The van der Waals surface area contributed by atoms with Crippen LogP contribution in [-0.4, -0.2) is 30.6 Å². The molecule has 2 aliphatic rings. The van der Waals surface area contributed by atoms with Crippen LogP contribution in [0, 0.1) is 5.92 Å². The van der Waals surface area contributed by atoms with Gasteiger partial charge in [-0.1, -0.05) is 25.1 Å². The highest BCUT2D eigenvalue weighted by Crippen LogP contribution is 2.31. The largest absolute Gasteiger partial charge is 0.493 e. The Morgan fingerprint density at radius 2 is 2.15 bits per heavy atom. The van der Waals surface area contributed by atoms with Crippen LogP contribution in [-0.2, 0) is 0 Å². The minimum absolute atomic E-state index is 0.0147. The fourth-order valence-electron chi connectivity index (χ4n) is 3.86. The van der Waals surface area contributed by atoms with Crippen LogP contribution in [0.4, 0.5) is 5.82 Å². The van der Waals surface area contributed by atoms with Crippen molar-refractivity contribution >= 4 is 11.7 Å². The van der Waals surface area contributed by atoms with E-state index < -0.39 is 0 Å². The molecule has 136 valence electrons. The monoisotopic (exact) mass is 351 g/mol. The minimum Gasteiger partial charge on any atom is -0.493 e. The van der Waals surface area contributed by atoms with Gasteiger partial charge in [0, 0.05) is 36.8 Å². The normalized spacial score (nSPS) is 22.3. The standard InChI is InChI=1S/C21H25N3O2/c1-15-5-4-11-24(14-15)20-13-16(8-10-22-20)21(25)23-18-9-12-26-19-7-3-2-6-17(18)19/h2-3,6-8,10,13,15,18H,4-5,9,11-12,14H2,1H3,(H,23,25). The summed E-state index contributed by atoms with van der Waals surface area (Å²) in [5.41, 5.74) is 1.71. The molecule has 2 unspecified atom stereocenters. The summed E-state index contributed by atoms with van der Waals surface area (Å²) in [5.74, 6) is 2.38. The van der Waals surface area contributed by atoms with E-state index in [2.05, 4.69) is 22.1 Å². The summed E-state index contributed by atoms with van der Waals surface area (Å²) in [7, 11) is 0. The number of pyridine rings is 1. The Bertz CT molecular complexity index is 792. The Morgan fingerprint density at radius 1 is 1.27 bits per heavy atom. The van der Waals surface area contributed by atoms with Gasteiger partial charge in [0.15, 0.2) is 0 Å². The van der Waals surface area contributed by atoms with Gasteiger partial charge in [-0.3, -0.25) is 4.79 Å². The second-order valence-corrected chi connectivity index (χ2v) is 7.30. The van der Waals surface area contributed by atoms with Crippen LogP contribution in [0.2, 0.25) is 0 Å². The summed E-state index contributed by atoms with van der Waals surface area (Å²) in [6, 6.07) is 11.6. The number of anilines is 1. The van der Waals surface area contributed by atoms with Gasteiger partial charge >= 0.3 is 0 Å². The van der Waals surface area contributed by atoms with Crippen molar-refractivity contribution in [2.24, 2.45) is 5.92 Å². The van der Waals surface area contributed by atoms with Crippen molar-refractivity contribution in [2.45, 2.75) is 32.2 Å². The fraction of sp³-hybridized carbons (Fsp3) is 0.429. The number of hydrogen-bond donors (Lipinski definition) is 1. The van der Waals surface area contributed by atoms with E-state index in [1.54, 1.807) is 12.3 Å². The Hall–Kier alpha value is -2.56. The number of para-hydroxylation sites is 1. The average Bonchev–Trinajstić information content (AvgIpc) is 2.68. The Labute approximate surface area is 154 Å². The number of carbonyl (C=O) groups excluding carboxylic acids is 1. The summed E-state index contributed by atoms with van der Waals surface area (Å²) in [6.45, 7) is 4.90. The number of piperidine rings is 1. The Kier molecular flexibility index (Phi) is 4.78. The third kappa shape index (κ3) is 3.52. The van der Waals surface area contributed by atoms with Gasteiger partial charge in [-0.05, 0) is 37.0 Å². The molecule has 0 radical (unpaired) electrons. The molecular formula is C21H25N3O2. The van der Waals surface area contributed by atoms with Crippen molar-refractivity contribution < 1.29 is 9.53 Å². The molecule has 1 N–H and O–H groups in total. The molecule has 0 bridgehead atoms. The van der Waals surface area contributed by atoms with Crippen molar-refractivity contribution in [3.63, 3.8) is 0 Å². The van der Waals surface area contributed by atoms with Crippen LogP contribution in [0.25, 0.3) is 0 Å². The third-order valence-corrected chi connectivity index (χ3v) is 5.25. The second-order valence-electron chi connectivity index (χ2n) is 7.30. The van der Waals surface area contributed by atoms with E-state index in [-0.39, 0.29) is 11.9 Å². The maximum absolute atomic E-state index is 12.8. The summed E-state index contributed by atoms with van der Waals surface area (Å²) in [6.07, 6.45) is 4.96. The van der Waals surface area contributed by atoms with Crippen LogP contribution >= 0.6 is 0 Å². The van der Waals surface area contributed by atoms with Crippen molar-refractivity contribution in [3.05, 3.63) is 53.7 Å². The average molecular weight is 351 g/mol. The summed E-state index contributed by atoms with van der Waals surface area (Å²) in [4.78, 5) is 19.6. The lowest BCUT2D eigenvalue weighted by molar-refractivity contribution is 0.0924. The SMILES string of the molecule is CC1CCCN(c2cc(C(=O)NC3CCOc4ccccc43)ccn2)C1. The number of ether oxygens (including phenoxy) is 1. The van der Waals surface area contributed by atoms with Crippen LogP contribution in [0.1, 0.15) is 48.1 Å². The number of rotatable bonds is 3. The molecule has 1 saturated heterocycles. The summed E-state index contributed by atoms with van der Waals surface area (Å²) in [5, 5.41) is 3.17. The first kappa shape index (κ1) is 16.9. The molecule has 0 saturated carbocycles. The van der Waals surface area contributed by atoms with Gasteiger partial charge in [-0.25, -0.2) is 4.98 Å². The molecule has 4 rings (SSSR count). The number of carbonyl (C=O) groups is 1. The number of amides is 1. The molecule has 0 spiro atoms. The number of benzene rings is 1. The van der Waals surface area contributed by atoms with Gasteiger partial charge in [-0.2, -0.15) is 0 Å². The van der Waals surface area contributed by atoms with Gasteiger partial charge < -0.3 is 15.0 Å². The third-order valence-electron chi connectivity index (χ3n) is 5.25. The highest BCUT2D eigenvalue weighted by atomic mass is 16.5. The van der Waals surface area contributed by atoms with E-state index in [0.717, 1.165) is 36.6 Å². The Balaban J connectivity index is 1.50. The number of hydrogen-bond acceptors (Lipinski definition) is 4. The maximum atomic E-state index is 12.8. The van der Waals surface area contributed by atoms with E-state index in [4.69, 9.17) is 4.74 Å². The molecule has 1 aromatic carbocycles. The molecule has 26 heavy (non-hydrogen) atoms. The molecule has 2 aromatic rings. The number of nitrogens with one attached hydrogen (secondary N) is 1. The molecule has 5 nitrogen and oxygen atoms in total. The number of fused-ring (bicyclic) bond motifs is 1. The van der Waals surface area contributed by atoms with Crippen molar-refractivity contribution in [3.8, 4) is 5.75 Å². The maximum Gasteiger partial charge on any atom is 0.251 e. The van der Waals surface area contributed by atoms with Crippen molar-refractivity contribution in [1.29, 1.82) is 0 Å². The van der Waals surface area contributed by atoms with Gasteiger partial charge in [0.25, 0.3) is 5.91 Å². The lowest BCUT2D eigenvalue weighted by atomic mass is 9.99. The molecule has 3 heterocycles. The molecule has 1 aromatic heterocycles. The first-order chi connectivity index (χ1) is 12.7. The van der Waals surface area contributed by atoms with Crippen LogP contribution in [0.15, 0.2) is 42.6 Å². The molecule has 5 heteroatoms. The zero-order valence-corrected chi connectivity index (χ0v) is 15.1. The predicted molar refractivity (Wildman–Crippen MR) is 102 cm³/mol. The van der Waals surface area contributed by atoms with Crippen LogP contribution < -0.4 is 15.0 Å². The van der Waals surface area contributed by atoms with Crippen LogP contribution in [0.3, 0.4) is 0 Å². The molecule has 2 aliphatic heterocycles. The van der Waals surface area contributed by atoms with Crippen molar-refractivity contribution in [2.75, 3.05) is 24.6 Å². The van der Waals surface area contributed by atoms with Crippen LogP contribution in [0.5, 0.6) is 5.75 Å². The molecule has 2 atom stereocenters. The lowest BCUT2D eigenvalue weighted by Crippen LogP contribution is -2.35. The topological polar surface area (TPSA) is 54.5 Å². The smallest absolute Gasteiger partial charge is 0.251 e. The summed E-state index contributed by atoms with van der Waals surface area (Å²) >= 11 is 0. The van der Waals surface area contributed by atoms with E-state index in [9.17, 15) is 4.79 Å². The van der Waals surface area contributed by atoms with Crippen molar-refractivity contribution in [1.82, 2.24) is 10.3 Å². The highest BCUT2D eigenvalue weighted by molar-refractivity contribution is 5.95. The molecule has 1 amide bonds. The second kappa shape index (κ2) is 7.36. The van der Waals surface area contributed by atoms with E-state index in [1.807, 2.05) is 30.3 Å². The number of aromatic nitrogens is 1. The van der Waals surface area contributed by atoms with Gasteiger partial charge in [0.1, 0.15) is 11.6 Å². The van der Waals surface area contributed by atoms with E-state index in [1.165, 1.54) is 12.8 Å². The van der Waals surface area contributed by atoms with Gasteiger partial charge in [0.2, 0.25) is 0 Å². The first-order valence-electron chi connectivity index (χ1n) is 9.44.